The average Bonchev–Trinajstić information content (AvgIpc) is 3.28. The highest BCUT2D eigenvalue weighted by Crippen LogP contribution is 2.50. The lowest BCUT2D eigenvalue weighted by Crippen LogP contribution is -2.71. The van der Waals surface area contributed by atoms with Crippen LogP contribution in [0.1, 0.15) is 56.6 Å². The van der Waals surface area contributed by atoms with Gasteiger partial charge in [0.2, 0.25) is 17.7 Å². The third-order valence-electron chi connectivity index (χ3n) is 7.45. The molecule has 2 heterocycles. The topological polar surface area (TPSA) is 224 Å². The van der Waals surface area contributed by atoms with Crippen LogP contribution in [0.15, 0.2) is 48.5 Å². The van der Waals surface area contributed by atoms with Crippen LogP contribution in [0.5, 0.6) is 11.5 Å². The monoisotopic (exact) mass is 698 g/mol. The molecule has 2 fully saturated rings. The Kier molecular flexibility index (Phi) is 11.0. The molecule has 0 aromatic heterocycles. The Bertz CT molecular complexity index is 1700. The molecule has 4 rings (SSSR count). The minimum atomic E-state index is -1.61. The smallest absolute Gasteiger partial charge is 0.327 e. The molecule has 2 aliphatic heterocycles. The number of fused-ring (bicyclic) bond motifs is 1. The van der Waals surface area contributed by atoms with Crippen LogP contribution in [0, 0.1) is 0 Å². The molecule has 49 heavy (non-hydrogen) atoms. The first kappa shape index (κ1) is 36.4. The van der Waals surface area contributed by atoms with Gasteiger partial charge in [0.05, 0.1) is 5.56 Å². The Morgan fingerprint density at radius 3 is 2.12 bits per heavy atom. The number of ether oxygens (including phenoxy) is 3. The van der Waals surface area contributed by atoms with Crippen molar-refractivity contribution < 1.29 is 57.7 Å². The van der Waals surface area contributed by atoms with E-state index < -0.39 is 94.2 Å². The molecule has 5 atom stereocenters. The van der Waals surface area contributed by atoms with Crippen LogP contribution in [0.25, 0.3) is 0 Å². The van der Waals surface area contributed by atoms with Crippen molar-refractivity contribution in [2.45, 2.75) is 68.9 Å². The van der Waals surface area contributed by atoms with Gasteiger partial charge < -0.3 is 40.2 Å². The summed E-state index contributed by atoms with van der Waals surface area (Å²) >= 11 is 1.22. The Labute approximate surface area is 284 Å². The van der Waals surface area contributed by atoms with Crippen molar-refractivity contribution >= 4 is 59.3 Å². The van der Waals surface area contributed by atoms with Crippen LogP contribution in [0.3, 0.4) is 0 Å². The number of carbonyl (C=O) groups excluding carboxylic acids is 7. The van der Waals surface area contributed by atoms with E-state index in [0.717, 1.165) is 20.8 Å². The average molecular weight is 699 g/mol. The van der Waals surface area contributed by atoms with E-state index in [0.29, 0.717) is 5.56 Å². The number of β-lactam (4-membered cyclic amide) rings is 1. The predicted octanol–water partition coefficient (Wildman–Crippen LogP) is 0.688. The van der Waals surface area contributed by atoms with Gasteiger partial charge in [-0.05, 0) is 31.5 Å². The number of para-hydroxylation sites is 1. The van der Waals surface area contributed by atoms with Crippen LogP contribution < -0.4 is 25.4 Å². The molecule has 2 aromatic rings. The first-order valence-corrected chi connectivity index (χ1v) is 15.7. The van der Waals surface area contributed by atoms with Gasteiger partial charge in [-0.15, -0.1) is 11.8 Å². The summed E-state index contributed by atoms with van der Waals surface area (Å²) in [7, 11) is 0. The van der Waals surface area contributed by atoms with Crippen molar-refractivity contribution in [3.05, 3.63) is 59.7 Å². The number of hydrogen-bond acceptors (Lipinski definition) is 12. The SMILES string of the molecule is CC(=O)OCC(NC(=O)c1cccc(OC(C)=O)c1OC(C)=O)C(=O)N[C@H](C(=O)NC1C(=O)N2C1SC(C)(C)C2C(=O)O)c1ccccc1. The third-order valence-corrected chi connectivity index (χ3v) is 9.02. The van der Waals surface area contributed by atoms with Gasteiger partial charge in [-0.25, -0.2) is 4.79 Å². The molecule has 16 nitrogen and oxygen atoms in total. The van der Waals surface area contributed by atoms with E-state index in [1.165, 1.54) is 34.9 Å². The minimum absolute atomic E-state index is 0.250. The van der Waals surface area contributed by atoms with Crippen molar-refractivity contribution in [2.75, 3.05) is 6.61 Å². The van der Waals surface area contributed by atoms with Gasteiger partial charge in [0.15, 0.2) is 11.5 Å². The second kappa shape index (κ2) is 14.8. The number of carbonyl (C=O) groups is 8. The summed E-state index contributed by atoms with van der Waals surface area (Å²) in [6, 6.07) is 6.60. The van der Waals surface area contributed by atoms with Crippen LogP contribution in [-0.2, 0) is 38.3 Å². The lowest BCUT2D eigenvalue weighted by atomic mass is 9.95. The van der Waals surface area contributed by atoms with Gasteiger partial charge in [-0.1, -0.05) is 36.4 Å². The number of amides is 4. The second-order valence-electron chi connectivity index (χ2n) is 11.6. The number of nitrogens with zero attached hydrogens (tertiary/aromatic N) is 1. The number of hydrogen-bond donors (Lipinski definition) is 4. The van der Waals surface area contributed by atoms with Crippen molar-refractivity contribution in [3.8, 4) is 11.5 Å². The molecule has 2 aromatic carbocycles. The van der Waals surface area contributed by atoms with E-state index in [4.69, 9.17) is 14.2 Å². The lowest BCUT2D eigenvalue weighted by molar-refractivity contribution is -0.161. The molecular weight excluding hydrogens is 664 g/mol. The van der Waals surface area contributed by atoms with E-state index in [2.05, 4.69) is 16.0 Å². The van der Waals surface area contributed by atoms with E-state index in [-0.39, 0.29) is 11.3 Å². The lowest BCUT2D eigenvalue weighted by Gasteiger charge is -2.44. The largest absolute Gasteiger partial charge is 0.480 e. The molecule has 0 radical (unpaired) electrons. The highest BCUT2D eigenvalue weighted by Gasteiger charge is 2.64. The van der Waals surface area contributed by atoms with Crippen LogP contribution in [0.2, 0.25) is 0 Å². The standard InChI is InChI=1S/C32H34N4O12S/c1-15(37)46-14-20(33-26(40)19-12-9-13-21(47-16(2)38)24(19)48-17(3)39)27(41)34-22(18-10-7-6-8-11-18)28(42)35-23-29(43)36-25(31(44)45)32(4,5)49-30(23)36/h6-13,20,22-23,25,30H,14H2,1-5H3,(H,33,40)(H,34,41)(H,35,42)(H,44,45)/t20?,22-,23?,25?,30?/m0/s1. The molecular formula is C32H34N4O12S. The van der Waals surface area contributed by atoms with Crippen LogP contribution >= 0.6 is 11.8 Å². The number of rotatable bonds is 12. The molecule has 4 amide bonds. The highest BCUT2D eigenvalue weighted by molar-refractivity contribution is 8.01. The van der Waals surface area contributed by atoms with Crippen molar-refractivity contribution in [1.29, 1.82) is 0 Å². The number of thioether (sulfide) groups is 1. The summed E-state index contributed by atoms with van der Waals surface area (Å²) in [4.78, 5) is 102. The maximum atomic E-state index is 13.7. The molecule has 2 aliphatic rings. The van der Waals surface area contributed by atoms with Crippen LogP contribution in [-0.4, -0.2) is 92.4 Å². The van der Waals surface area contributed by atoms with Crippen molar-refractivity contribution in [1.82, 2.24) is 20.9 Å². The van der Waals surface area contributed by atoms with E-state index in [1.54, 1.807) is 44.2 Å². The fourth-order valence-electron chi connectivity index (χ4n) is 5.37. The van der Waals surface area contributed by atoms with Gasteiger partial charge in [0.25, 0.3) is 5.91 Å². The molecule has 4 unspecified atom stereocenters. The zero-order valence-corrected chi connectivity index (χ0v) is 27.8. The van der Waals surface area contributed by atoms with Crippen molar-refractivity contribution in [2.24, 2.45) is 0 Å². The van der Waals surface area contributed by atoms with Crippen molar-refractivity contribution in [3.63, 3.8) is 0 Å². The summed E-state index contributed by atoms with van der Waals surface area (Å²) in [6.45, 7) is 5.93. The molecule has 2 saturated heterocycles. The molecule has 4 N–H and O–H groups in total. The first-order chi connectivity index (χ1) is 23.0. The number of esters is 3. The van der Waals surface area contributed by atoms with Gasteiger partial charge >= 0.3 is 23.9 Å². The Hall–Kier alpha value is -5.45. The molecule has 0 aliphatic carbocycles. The number of carboxylic acids is 1. The molecule has 0 bridgehead atoms. The van der Waals surface area contributed by atoms with Gasteiger partial charge in [0.1, 0.15) is 36.1 Å². The second-order valence-corrected chi connectivity index (χ2v) is 13.4. The Morgan fingerprint density at radius 2 is 1.53 bits per heavy atom. The zero-order valence-electron chi connectivity index (χ0n) is 27.0. The van der Waals surface area contributed by atoms with Crippen LogP contribution in [0.4, 0.5) is 0 Å². The highest BCUT2D eigenvalue weighted by atomic mass is 32.2. The van der Waals surface area contributed by atoms with E-state index >= 15 is 0 Å². The fraction of sp³-hybridized carbons (Fsp3) is 0.375. The Morgan fingerprint density at radius 1 is 0.878 bits per heavy atom. The summed E-state index contributed by atoms with van der Waals surface area (Å²) in [5.74, 6) is -7.60. The number of carboxylic acid groups (broad SMARTS) is 1. The fourth-order valence-corrected chi connectivity index (χ4v) is 6.99. The minimum Gasteiger partial charge on any atom is -0.480 e. The zero-order chi connectivity index (χ0) is 36.2. The number of benzene rings is 2. The molecule has 0 saturated carbocycles. The maximum Gasteiger partial charge on any atom is 0.327 e. The van der Waals surface area contributed by atoms with Gasteiger partial charge in [-0.3, -0.25) is 33.6 Å². The van der Waals surface area contributed by atoms with Gasteiger partial charge in [0, 0.05) is 25.5 Å². The maximum absolute atomic E-state index is 13.7. The summed E-state index contributed by atoms with van der Waals surface area (Å²) < 4.78 is 14.4. The normalized spacial score (nSPS) is 20.0. The first-order valence-electron chi connectivity index (χ1n) is 14.8. The molecule has 0 spiro atoms. The van der Waals surface area contributed by atoms with Gasteiger partial charge in [-0.2, -0.15) is 0 Å². The van der Waals surface area contributed by atoms with E-state index in [9.17, 15) is 43.5 Å². The predicted molar refractivity (Wildman–Crippen MR) is 170 cm³/mol. The summed E-state index contributed by atoms with van der Waals surface area (Å²) in [6.07, 6.45) is 0. The molecule has 260 valence electrons. The third kappa shape index (κ3) is 8.17. The number of aliphatic carboxylic acids is 1. The summed E-state index contributed by atoms with van der Waals surface area (Å²) in [5, 5.41) is 16.6. The summed E-state index contributed by atoms with van der Waals surface area (Å²) in [5.41, 5.74) is -0.0137. The quantitative estimate of drug-likeness (QED) is 0.136. The Balaban J connectivity index is 1.59. The number of nitrogens with one attached hydrogen (secondary N) is 3. The van der Waals surface area contributed by atoms with E-state index in [1.807, 2.05) is 0 Å². The molecule has 17 heteroatoms.